The van der Waals surface area contributed by atoms with Crippen molar-refractivity contribution < 1.29 is 4.74 Å². The Balaban J connectivity index is 1.73. The first-order valence-electron chi connectivity index (χ1n) is 8.28. The maximum atomic E-state index is 5.95. The van der Waals surface area contributed by atoms with Crippen molar-refractivity contribution in [3.63, 3.8) is 0 Å². The Morgan fingerprint density at radius 2 is 2.05 bits per heavy atom. The van der Waals surface area contributed by atoms with E-state index in [1.54, 1.807) is 0 Å². The first-order chi connectivity index (χ1) is 10.1. The zero-order valence-electron chi connectivity index (χ0n) is 13.3. The molecule has 2 saturated heterocycles. The monoisotopic (exact) mass is 286 g/mol. The number of hydrogen-bond donors (Lipinski definition) is 1. The van der Waals surface area contributed by atoms with E-state index < -0.39 is 0 Å². The minimum atomic E-state index is 0.261. The van der Waals surface area contributed by atoms with Crippen LogP contribution in [0.25, 0.3) is 0 Å². The van der Waals surface area contributed by atoms with Crippen LogP contribution in [0.15, 0.2) is 24.3 Å². The second kappa shape index (κ2) is 4.72. The first-order valence-corrected chi connectivity index (χ1v) is 8.28. The molecule has 1 aromatic rings. The van der Waals surface area contributed by atoms with E-state index in [0.29, 0.717) is 12.0 Å². The fourth-order valence-electron chi connectivity index (χ4n) is 4.87. The molecule has 0 aliphatic carbocycles. The molecule has 0 spiro atoms. The molecule has 0 saturated carbocycles. The lowest BCUT2D eigenvalue weighted by Crippen LogP contribution is -2.49. The molecule has 114 valence electrons. The van der Waals surface area contributed by atoms with E-state index in [1.165, 1.54) is 25.2 Å². The molecule has 0 amide bonds. The number of para-hydroxylation sites is 1. The summed E-state index contributed by atoms with van der Waals surface area (Å²) in [5.74, 6) is 3.22. The van der Waals surface area contributed by atoms with Crippen LogP contribution in [0.2, 0.25) is 0 Å². The average Bonchev–Trinajstić information content (AvgIpc) is 3.02. The molecule has 3 heterocycles. The Bertz CT molecular complexity index is 542. The summed E-state index contributed by atoms with van der Waals surface area (Å²) in [7, 11) is 0. The van der Waals surface area contributed by atoms with Crippen LogP contribution in [0.1, 0.15) is 32.4 Å². The standard InChI is InChI=1S/C18H26N2O/c1-12-11-21-16-7-5-4-6-14(16)17(12)20-10-13-8-19-9-15(13)18(20,2)3/h4-7,12-13,15,17,19H,8-11H2,1-3H3. The van der Waals surface area contributed by atoms with Gasteiger partial charge >= 0.3 is 0 Å². The van der Waals surface area contributed by atoms with Crippen molar-refractivity contribution >= 4 is 0 Å². The van der Waals surface area contributed by atoms with Crippen LogP contribution < -0.4 is 10.1 Å². The van der Waals surface area contributed by atoms with Gasteiger partial charge in [0.2, 0.25) is 0 Å². The summed E-state index contributed by atoms with van der Waals surface area (Å²) in [6.45, 7) is 11.6. The Hall–Kier alpha value is -1.06. The van der Waals surface area contributed by atoms with Gasteiger partial charge in [0.1, 0.15) is 5.75 Å². The molecule has 4 rings (SSSR count). The van der Waals surface area contributed by atoms with Crippen molar-refractivity contribution in [2.75, 3.05) is 26.2 Å². The van der Waals surface area contributed by atoms with Crippen molar-refractivity contribution in [3.8, 4) is 5.75 Å². The minimum absolute atomic E-state index is 0.261. The van der Waals surface area contributed by atoms with Crippen LogP contribution in [0.4, 0.5) is 0 Å². The fourth-order valence-corrected chi connectivity index (χ4v) is 4.87. The number of nitrogens with zero attached hydrogens (tertiary/aromatic N) is 1. The summed E-state index contributed by atoms with van der Waals surface area (Å²) >= 11 is 0. The quantitative estimate of drug-likeness (QED) is 0.859. The van der Waals surface area contributed by atoms with E-state index >= 15 is 0 Å². The van der Waals surface area contributed by atoms with E-state index in [0.717, 1.165) is 24.2 Å². The van der Waals surface area contributed by atoms with Crippen molar-refractivity contribution in [3.05, 3.63) is 29.8 Å². The van der Waals surface area contributed by atoms with Crippen molar-refractivity contribution in [2.45, 2.75) is 32.4 Å². The summed E-state index contributed by atoms with van der Waals surface area (Å²) < 4.78 is 5.95. The lowest BCUT2D eigenvalue weighted by Gasteiger charge is -2.45. The third-order valence-electron chi connectivity index (χ3n) is 6.03. The first kappa shape index (κ1) is 13.6. The van der Waals surface area contributed by atoms with Gasteiger partial charge < -0.3 is 10.1 Å². The zero-order chi connectivity index (χ0) is 14.6. The molecule has 0 aromatic heterocycles. The van der Waals surface area contributed by atoms with E-state index in [9.17, 15) is 0 Å². The summed E-state index contributed by atoms with van der Waals surface area (Å²) in [4.78, 5) is 2.77. The second-order valence-corrected chi connectivity index (χ2v) is 7.60. The van der Waals surface area contributed by atoms with Gasteiger partial charge in [0.25, 0.3) is 0 Å². The predicted molar refractivity (Wildman–Crippen MR) is 84.5 cm³/mol. The number of ether oxygens (including phenoxy) is 1. The zero-order valence-corrected chi connectivity index (χ0v) is 13.3. The highest BCUT2D eigenvalue weighted by molar-refractivity contribution is 5.38. The molecule has 3 aliphatic heterocycles. The number of rotatable bonds is 1. The molecule has 3 nitrogen and oxygen atoms in total. The molecular formula is C18H26N2O. The molecule has 0 bridgehead atoms. The van der Waals surface area contributed by atoms with Gasteiger partial charge in [0.05, 0.1) is 6.61 Å². The second-order valence-electron chi connectivity index (χ2n) is 7.60. The lowest BCUT2D eigenvalue weighted by atomic mass is 9.82. The Labute approximate surface area is 127 Å². The Kier molecular flexibility index (Phi) is 3.05. The fraction of sp³-hybridized carbons (Fsp3) is 0.667. The van der Waals surface area contributed by atoms with Gasteiger partial charge in [0, 0.05) is 36.2 Å². The topological polar surface area (TPSA) is 24.5 Å². The van der Waals surface area contributed by atoms with Crippen molar-refractivity contribution in [1.29, 1.82) is 0 Å². The number of benzene rings is 1. The van der Waals surface area contributed by atoms with Crippen LogP contribution in [0.5, 0.6) is 5.75 Å². The summed E-state index contributed by atoms with van der Waals surface area (Å²) in [5.41, 5.74) is 1.65. The van der Waals surface area contributed by atoms with Crippen LogP contribution in [-0.2, 0) is 0 Å². The summed E-state index contributed by atoms with van der Waals surface area (Å²) in [5, 5.41) is 3.58. The van der Waals surface area contributed by atoms with Crippen LogP contribution >= 0.6 is 0 Å². The van der Waals surface area contributed by atoms with Crippen LogP contribution in [0, 0.1) is 17.8 Å². The molecule has 3 heteroatoms. The highest BCUT2D eigenvalue weighted by Gasteiger charge is 2.53. The smallest absolute Gasteiger partial charge is 0.124 e. The maximum absolute atomic E-state index is 5.95. The molecule has 21 heavy (non-hydrogen) atoms. The van der Waals surface area contributed by atoms with E-state index in [-0.39, 0.29) is 5.54 Å². The van der Waals surface area contributed by atoms with E-state index in [1.807, 2.05) is 0 Å². The minimum Gasteiger partial charge on any atom is -0.493 e. The van der Waals surface area contributed by atoms with Crippen LogP contribution in [0.3, 0.4) is 0 Å². The average molecular weight is 286 g/mol. The molecule has 2 fully saturated rings. The highest BCUT2D eigenvalue weighted by Crippen LogP contribution is 2.49. The normalized spacial score (nSPS) is 37.9. The highest BCUT2D eigenvalue weighted by atomic mass is 16.5. The summed E-state index contributed by atoms with van der Waals surface area (Å²) in [6, 6.07) is 9.12. The maximum Gasteiger partial charge on any atom is 0.124 e. The molecular weight excluding hydrogens is 260 g/mol. The molecule has 4 atom stereocenters. The summed E-state index contributed by atoms with van der Waals surface area (Å²) in [6.07, 6.45) is 0. The van der Waals surface area contributed by atoms with Gasteiger partial charge in [-0.2, -0.15) is 0 Å². The van der Waals surface area contributed by atoms with Gasteiger partial charge in [0.15, 0.2) is 0 Å². The van der Waals surface area contributed by atoms with Gasteiger partial charge in [-0.1, -0.05) is 25.1 Å². The SMILES string of the molecule is CC1COc2ccccc2C1N1CC2CNCC2C1(C)C. The third kappa shape index (κ3) is 1.94. The predicted octanol–water partition coefficient (Wildman–Crippen LogP) is 2.69. The number of fused-ring (bicyclic) bond motifs is 2. The van der Waals surface area contributed by atoms with E-state index in [4.69, 9.17) is 4.74 Å². The Morgan fingerprint density at radius 1 is 1.24 bits per heavy atom. The number of nitrogens with one attached hydrogen (secondary N) is 1. The van der Waals surface area contributed by atoms with Gasteiger partial charge in [-0.05, 0) is 38.3 Å². The molecule has 1 N–H and O–H groups in total. The molecule has 0 radical (unpaired) electrons. The number of likely N-dealkylation sites (tertiary alicyclic amines) is 1. The molecule has 1 aromatic carbocycles. The third-order valence-corrected chi connectivity index (χ3v) is 6.03. The van der Waals surface area contributed by atoms with Gasteiger partial charge in [-0.25, -0.2) is 0 Å². The lowest BCUT2D eigenvalue weighted by molar-refractivity contribution is 0.0307. The van der Waals surface area contributed by atoms with Gasteiger partial charge in [-0.3, -0.25) is 4.90 Å². The molecule has 3 aliphatic rings. The van der Waals surface area contributed by atoms with E-state index in [2.05, 4.69) is 55.3 Å². The number of hydrogen-bond acceptors (Lipinski definition) is 3. The van der Waals surface area contributed by atoms with Crippen molar-refractivity contribution in [2.24, 2.45) is 17.8 Å². The Morgan fingerprint density at radius 3 is 2.86 bits per heavy atom. The van der Waals surface area contributed by atoms with Gasteiger partial charge in [-0.15, -0.1) is 0 Å². The van der Waals surface area contributed by atoms with Crippen molar-refractivity contribution in [1.82, 2.24) is 10.2 Å². The van der Waals surface area contributed by atoms with Crippen LogP contribution in [-0.4, -0.2) is 36.7 Å². The largest absolute Gasteiger partial charge is 0.493 e. The molecule has 4 unspecified atom stereocenters.